The van der Waals surface area contributed by atoms with Crippen molar-refractivity contribution in [1.29, 1.82) is 0 Å². The van der Waals surface area contributed by atoms with Crippen molar-refractivity contribution in [2.24, 2.45) is 0 Å². The van der Waals surface area contributed by atoms with E-state index in [2.05, 4.69) is 0 Å². The number of hydrogen-bond donors (Lipinski definition) is 1. The molecule has 0 saturated carbocycles. The number of carbonyl (C=O) groups is 1. The lowest BCUT2D eigenvalue weighted by Gasteiger charge is -2.16. The lowest BCUT2D eigenvalue weighted by atomic mass is 10.1. The van der Waals surface area contributed by atoms with Crippen LogP contribution in [0, 0.1) is 0 Å². The molecule has 1 aromatic rings. The van der Waals surface area contributed by atoms with Gasteiger partial charge in [0.25, 0.3) is 0 Å². The van der Waals surface area contributed by atoms with Crippen molar-refractivity contribution in [3.63, 3.8) is 0 Å². The number of allylic oxidation sites excluding steroid dienone is 4. The molecule has 4 nitrogen and oxygen atoms in total. The standard InChI is InChI=1S/C17H16O4/c1-20-15-8-9-16-14(11-15)10-13(12-21-16)6-4-2-3-5-7-17(18)19/h2-11H,12H2,1H3,(H,18,19). The summed E-state index contributed by atoms with van der Waals surface area (Å²) in [5.41, 5.74) is 2.01. The number of ether oxygens (including phenoxy) is 2. The molecular weight excluding hydrogens is 268 g/mol. The van der Waals surface area contributed by atoms with Crippen LogP contribution in [-0.2, 0) is 4.79 Å². The lowest BCUT2D eigenvalue weighted by Crippen LogP contribution is -2.05. The topological polar surface area (TPSA) is 55.8 Å². The largest absolute Gasteiger partial charge is 0.497 e. The highest BCUT2D eigenvalue weighted by Crippen LogP contribution is 2.30. The smallest absolute Gasteiger partial charge is 0.328 e. The summed E-state index contributed by atoms with van der Waals surface area (Å²) in [6.45, 7) is 0.509. The molecule has 21 heavy (non-hydrogen) atoms. The highest BCUT2D eigenvalue weighted by Gasteiger charge is 2.10. The molecule has 0 unspecified atom stereocenters. The van der Waals surface area contributed by atoms with Gasteiger partial charge < -0.3 is 14.6 Å². The summed E-state index contributed by atoms with van der Waals surface area (Å²) >= 11 is 0. The van der Waals surface area contributed by atoms with E-state index in [9.17, 15) is 4.79 Å². The summed E-state index contributed by atoms with van der Waals surface area (Å²) in [4.78, 5) is 10.3. The Balaban J connectivity index is 2.04. The van der Waals surface area contributed by atoms with Gasteiger partial charge in [0, 0.05) is 11.6 Å². The third kappa shape index (κ3) is 4.38. The van der Waals surface area contributed by atoms with E-state index in [1.807, 2.05) is 36.4 Å². The van der Waals surface area contributed by atoms with Gasteiger partial charge in [-0.25, -0.2) is 4.79 Å². The maximum absolute atomic E-state index is 10.3. The highest BCUT2D eigenvalue weighted by atomic mass is 16.5. The Bertz CT molecular complexity index is 636. The summed E-state index contributed by atoms with van der Waals surface area (Å²) < 4.78 is 10.8. The normalized spacial score (nSPS) is 14.2. The van der Waals surface area contributed by atoms with Gasteiger partial charge >= 0.3 is 5.97 Å². The molecule has 0 saturated heterocycles. The summed E-state index contributed by atoms with van der Waals surface area (Å²) in [5.74, 6) is 0.669. The van der Waals surface area contributed by atoms with Crippen LogP contribution in [0.1, 0.15) is 5.56 Å². The van der Waals surface area contributed by atoms with Gasteiger partial charge in [-0.3, -0.25) is 0 Å². The fourth-order valence-electron chi connectivity index (χ4n) is 1.84. The van der Waals surface area contributed by atoms with Gasteiger partial charge in [-0.15, -0.1) is 0 Å². The van der Waals surface area contributed by atoms with Gasteiger partial charge in [-0.2, -0.15) is 0 Å². The molecule has 2 rings (SSSR count). The first-order valence-electron chi connectivity index (χ1n) is 6.45. The fourth-order valence-corrected chi connectivity index (χ4v) is 1.84. The second kappa shape index (κ2) is 7.14. The molecule has 0 radical (unpaired) electrons. The summed E-state index contributed by atoms with van der Waals surface area (Å²) in [6.07, 6.45) is 11.8. The quantitative estimate of drug-likeness (QED) is 0.666. The van der Waals surface area contributed by atoms with E-state index >= 15 is 0 Å². The second-order valence-electron chi connectivity index (χ2n) is 4.35. The molecule has 4 heteroatoms. The van der Waals surface area contributed by atoms with E-state index < -0.39 is 5.97 Å². The van der Waals surface area contributed by atoms with Crippen molar-refractivity contribution >= 4 is 12.0 Å². The van der Waals surface area contributed by atoms with Crippen molar-refractivity contribution in [2.45, 2.75) is 0 Å². The van der Waals surface area contributed by atoms with E-state index in [1.54, 1.807) is 19.3 Å². The molecule has 0 aliphatic carbocycles. The monoisotopic (exact) mass is 284 g/mol. The van der Waals surface area contributed by atoms with Crippen molar-refractivity contribution in [1.82, 2.24) is 0 Å². The average molecular weight is 284 g/mol. The van der Waals surface area contributed by atoms with Crippen LogP contribution in [0.15, 0.2) is 60.2 Å². The number of fused-ring (bicyclic) bond motifs is 1. The van der Waals surface area contributed by atoms with Crippen LogP contribution in [0.2, 0.25) is 0 Å². The summed E-state index contributed by atoms with van der Waals surface area (Å²) in [5, 5.41) is 8.44. The SMILES string of the molecule is COc1ccc2c(c1)C=C(C=CC=CC=CC(=O)O)CO2. The molecule has 1 aromatic carbocycles. The van der Waals surface area contributed by atoms with Gasteiger partial charge in [0.1, 0.15) is 18.1 Å². The van der Waals surface area contributed by atoms with Crippen LogP contribution < -0.4 is 9.47 Å². The molecule has 0 atom stereocenters. The second-order valence-corrected chi connectivity index (χ2v) is 4.35. The number of carboxylic acid groups (broad SMARTS) is 1. The molecule has 1 N–H and O–H groups in total. The zero-order valence-corrected chi connectivity index (χ0v) is 11.7. The molecule has 0 aromatic heterocycles. The van der Waals surface area contributed by atoms with Gasteiger partial charge in [-0.1, -0.05) is 30.4 Å². The third-order valence-electron chi connectivity index (χ3n) is 2.83. The molecule has 0 bridgehead atoms. The van der Waals surface area contributed by atoms with Crippen molar-refractivity contribution in [3.05, 3.63) is 65.8 Å². The average Bonchev–Trinajstić information content (AvgIpc) is 2.49. The minimum atomic E-state index is -0.961. The Morgan fingerprint density at radius 3 is 2.86 bits per heavy atom. The lowest BCUT2D eigenvalue weighted by molar-refractivity contribution is -0.131. The van der Waals surface area contributed by atoms with Crippen molar-refractivity contribution < 1.29 is 19.4 Å². The Labute approximate surface area is 123 Å². The number of aliphatic carboxylic acids is 1. The maximum atomic E-state index is 10.3. The Kier molecular flexibility index (Phi) is 4.99. The zero-order valence-electron chi connectivity index (χ0n) is 11.7. The molecule has 108 valence electrons. The number of benzene rings is 1. The summed E-state index contributed by atoms with van der Waals surface area (Å²) in [7, 11) is 1.63. The van der Waals surface area contributed by atoms with Gasteiger partial charge in [-0.05, 0) is 29.8 Å². The number of methoxy groups -OCH3 is 1. The van der Waals surface area contributed by atoms with E-state index in [0.717, 1.165) is 28.7 Å². The number of hydrogen-bond acceptors (Lipinski definition) is 3. The molecule has 0 amide bonds. The summed E-state index contributed by atoms with van der Waals surface area (Å²) in [6, 6.07) is 5.68. The molecular formula is C17H16O4. The predicted molar refractivity (Wildman–Crippen MR) is 81.5 cm³/mol. The highest BCUT2D eigenvalue weighted by molar-refractivity contribution is 5.80. The van der Waals surface area contributed by atoms with E-state index in [4.69, 9.17) is 14.6 Å². The first-order chi connectivity index (χ1) is 10.2. The number of rotatable bonds is 5. The third-order valence-corrected chi connectivity index (χ3v) is 2.83. The maximum Gasteiger partial charge on any atom is 0.328 e. The predicted octanol–water partition coefficient (Wildman–Crippen LogP) is 3.22. The fraction of sp³-hybridized carbons (Fsp3) is 0.118. The minimum absolute atomic E-state index is 0.509. The van der Waals surface area contributed by atoms with Crippen molar-refractivity contribution in [3.8, 4) is 11.5 Å². The van der Waals surface area contributed by atoms with Crippen LogP contribution in [0.5, 0.6) is 11.5 Å². The molecule has 1 aliphatic heterocycles. The molecule has 0 fully saturated rings. The number of carboxylic acids is 1. The van der Waals surface area contributed by atoms with E-state index in [1.165, 1.54) is 6.08 Å². The van der Waals surface area contributed by atoms with Crippen LogP contribution >= 0.6 is 0 Å². The van der Waals surface area contributed by atoms with Gasteiger partial charge in [0.05, 0.1) is 7.11 Å². The Hall–Kier alpha value is -2.75. The van der Waals surface area contributed by atoms with Crippen LogP contribution in [-0.4, -0.2) is 24.8 Å². The first kappa shape index (κ1) is 14.7. The minimum Gasteiger partial charge on any atom is -0.497 e. The van der Waals surface area contributed by atoms with Crippen LogP contribution in [0.4, 0.5) is 0 Å². The van der Waals surface area contributed by atoms with Gasteiger partial charge in [0.2, 0.25) is 0 Å². The van der Waals surface area contributed by atoms with Crippen LogP contribution in [0.3, 0.4) is 0 Å². The molecule has 0 spiro atoms. The van der Waals surface area contributed by atoms with Crippen LogP contribution in [0.25, 0.3) is 6.08 Å². The Morgan fingerprint density at radius 2 is 2.10 bits per heavy atom. The molecule has 1 heterocycles. The Morgan fingerprint density at radius 1 is 1.29 bits per heavy atom. The molecule has 1 aliphatic rings. The van der Waals surface area contributed by atoms with Crippen molar-refractivity contribution in [2.75, 3.05) is 13.7 Å². The van der Waals surface area contributed by atoms with E-state index in [0.29, 0.717) is 6.61 Å². The van der Waals surface area contributed by atoms with Gasteiger partial charge in [0.15, 0.2) is 0 Å². The first-order valence-corrected chi connectivity index (χ1v) is 6.45. The van der Waals surface area contributed by atoms with E-state index in [-0.39, 0.29) is 0 Å². The zero-order chi connectivity index (χ0) is 15.1.